The second-order valence-corrected chi connectivity index (χ2v) is 8.60. The van der Waals surface area contributed by atoms with Crippen LogP contribution in [0.25, 0.3) is 11.0 Å². The Bertz CT molecular complexity index is 1150. The zero-order chi connectivity index (χ0) is 19.9. The maximum absolute atomic E-state index is 14.0. The van der Waals surface area contributed by atoms with Gasteiger partial charge >= 0.3 is 0 Å². The minimum absolute atomic E-state index is 0.0808. The van der Waals surface area contributed by atoms with E-state index < -0.39 is 21.6 Å². The number of anilines is 1. The summed E-state index contributed by atoms with van der Waals surface area (Å²) in [6.07, 6.45) is 2.63. The highest BCUT2D eigenvalue weighted by atomic mass is 32.2. The Morgan fingerprint density at radius 2 is 1.96 bits per heavy atom. The minimum Gasteiger partial charge on any atom is -0.319 e. The molecule has 0 spiro atoms. The van der Waals surface area contributed by atoms with Crippen LogP contribution in [-0.2, 0) is 9.84 Å². The number of benzene rings is 1. The molecule has 9 heteroatoms. The maximum Gasteiger partial charge on any atom is 0.257 e. The van der Waals surface area contributed by atoms with Crippen molar-refractivity contribution in [2.24, 2.45) is 0 Å². The highest BCUT2D eigenvalue weighted by Crippen LogP contribution is 2.23. The Balaban J connectivity index is 1.99. The molecule has 2 aromatic heterocycles. The Labute approximate surface area is 156 Å². The molecular formula is C18H19FN4O3S. The number of fused-ring (bicyclic) bond motifs is 1. The molecule has 0 aliphatic carbocycles. The van der Waals surface area contributed by atoms with Crippen LogP contribution in [0.2, 0.25) is 0 Å². The quantitative estimate of drug-likeness (QED) is 0.691. The van der Waals surface area contributed by atoms with E-state index in [9.17, 15) is 17.6 Å². The topological polar surface area (TPSA) is 93.9 Å². The van der Waals surface area contributed by atoms with Crippen LogP contribution in [0.15, 0.2) is 35.4 Å². The number of aryl methyl sites for hydroxylation is 1. The predicted octanol–water partition coefficient (Wildman–Crippen LogP) is 3.12. The van der Waals surface area contributed by atoms with Gasteiger partial charge in [0.15, 0.2) is 15.5 Å². The highest BCUT2D eigenvalue weighted by molar-refractivity contribution is 7.90. The maximum atomic E-state index is 14.0. The molecule has 3 rings (SSSR count). The number of rotatable bonds is 4. The Morgan fingerprint density at radius 3 is 2.59 bits per heavy atom. The molecule has 142 valence electrons. The van der Waals surface area contributed by atoms with Crippen molar-refractivity contribution in [3.05, 3.63) is 47.5 Å². The van der Waals surface area contributed by atoms with Gasteiger partial charge in [-0.15, -0.1) is 0 Å². The normalized spacial score (nSPS) is 11.9. The smallest absolute Gasteiger partial charge is 0.257 e. The fourth-order valence-corrected chi connectivity index (χ4v) is 3.34. The van der Waals surface area contributed by atoms with Gasteiger partial charge in [-0.05, 0) is 45.0 Å². The molecule has 0 aliphatic heterocycles. The van der Waals surface area contributed by atoms with Gasteiger partial charge in [0.25, 0.3) is 5.91 Å². The van der Waals surface area contributed by atoms with Gasteiger partial charge in [-0.2, -0.15) is 5.10 Å². The van der Waals surface area contributed by atoms with E-state index in [0.29, 0.717) is 16.7 Å². The first-order valence-electron chi connectivity index (χ1n) is 8.23. The van der Waals surface area contributed by atoms with Gasteiger partial charge in [0.05, 0.1) is 28.0 Å². The van der Waals surface area contributed by atoms with Gasteiger partial charge in [-0.25, -0.2) is 22.5 Å². The summed E-state index contributed by atoms with van der Waals surface area (Å²) in [7, 11) is -3.53. The van der Waals surface area contributed by atoms with Crippen LogP contribution < -0.4 is 5.32 Å². The zero-order valence-corrected chi connectivity index (χ0v) is 16.1. The first-order chi connectivity index (χ1) is 12.6. The molecule has 0 fully saturated rings. The second-order valence-electron chi connectivity index (χ2n) is 6.59. The summed E-state index contributed by atoms with van der Waals surface area (Å²) in [5.74, 6) is -1.31. The average molecular weight is 390 g/mol. The number of nitrogens with one attached hydrogen (secondary N) is 1. The monoisotopic (exact) mass is 390 g/mol. The molecule has 1 amide bonds. The number of hydrogen-bond donors (Lipinski definition) is 1. The van der Waals surface area contributed by atoms with Crippen molar-refractivity contribution >= 4 is 32.5 Å². The van der Waals surface area contributed by atoms with E-state index in [1.807, 2.05) is 13.8 Å². The lowest BCUT2D eigenvalue weighted by atomic mass is 10.1. The number of hydrogen-bond acceptors (Lipinski definition) is 5. The third kappa shape index (κ3) is 3.68. The van der Waals surface area contributed by atoms with Crippen LogP contribution >= 0.6 is 0 Å². The number of sulfone groups is 1. The lowest BCUT2D eigenvalue weighted by Crippen LogP contribution is -2.16. The lowest BCUT2D eigenvalue weighted by molar-refractivity contribution is 0.102. The molecule has 7 nitrogen and oxygen atoms in total. The SMILES string of the molecule is Cc1nc2c(cnn2C(C)C)cc1C(=O)Nc1cc(S(C)(=O)=O)ccc1F. The number of amides is 1. The number of aromatic nitrogens is 3. The van der Waals surface area contributed by atoms with Crippen LogP contribution in [0.5, 0.6) is 0 Å². The second kappa shape index (κ2) is 6.73. The van der Waals surface area contributed by atoms with Crippen molar-refractivity contribution < 1.29 is 17.6 Å². The number of carbonyl (C=O) groups is 1. The lowest BCUT2D eigenvalue weighted by Gasteiger charge is -2.11. The summed E-state index contributed by atoms with van der Waals surface area (Å²) in [4.78, 5) is 17.0. The third-order valence-corrected chi connectivity index (χ3v) is 5.22. The van der Waals surface area contributed by atoms with Gasteiger partial charge in [0.1, 0.15) is 5.82 Å². The number of nitrogens with zero attached hydrogens (tertiary/aromatic N) is 3. The van der Waals surface area contributed by atoms with Crippen LogP contribution in [0.4, 0.5) is 10.1 Å². The molecule has 0 saturated heterocycles. The van der Waals surface area contributed by atoms with Crippen molar-refractivity contribution in [2.75, 3.05) is 11.6 Å². The summed E-state index contributed by atoms with van der Waals surface area (Å²) in [5.41, 5.74) is 1.17. The van der Waals surface area contributed by atoms with Crippen LogP contribution in [-0.4, -0.2) is 35.3 Å². The molecule has 0 unspecified atom stereocenters. The summed E-state index contributed by atoms with van der Waals surface area (Å²) >= 11 is 0. The average Bonchev–Trinajstić information content (AvgIpc) is 2.97. The van der Waals surface area contributed by atoms with E-state index in [0.717, 1.165) is 24.5 Å². The number of pyridine rings is 1. The standard InChI is InChI=1S/C18H19FN4O3S/c1-10(2)23-17-12(9-20-23)7-14(11(3)21-17)18(24)22-16-8-13(27(4,25)26)5-6-15(16)19/h5-10H,1-4H3,(H,22,24). The summed E-state index contributed by atoms with van der Waals surface area (Å²) in [6, 6.07) is 5.01. The van der Waals surface area contributed by atoms with Crippen LogP contribution in [0.1, 0.15) is 35.9 Å². The molecule has 0 bridgehead atoms. The minimum atomic E-state index is -3.53. The van der Waals surface area contributed by atoms with E-state index in [4.69, 9.17) is 0 Å². The molecule has 3 aromatic rings. The predicted molar refractivity (Wildman–Crippen MR) is 100 cm³/mol. The van der Waals surface area contributed by atoms with Gasteiger partial charge in [0.2, 0.25) is 0 Å². The van der Waals surface area contributed by atoms with Crippen LogP contribution in [0.3, 0.4) is 0 Å². The molecular weight excluding hydrogens is 371 g/mol. The van der Waals surface area contributed by atoms with E-state index in [2.05, 4.69) is 15.4 Å². The van der Waals surface area contributed by atoms with E-state index in [1.165, 1.54) is 0 Å². The number of halogens is 1. The molecule has 1 aromatic carbocycles. The fourth-order valence-electron chi connectivity index (χ4n) is 2.69. The van der Waals surface area contributed by atoms with Crippen LogP contribution in [0, 0.1) is 12.7 Å². The molecule has 1 N–H and O–H groups in total. The van der Waals surface area contributed by atoms with E-state index in [-0.39, 0.29) is 22.2 Å². The molecule has 0 atom stereocenters. The third-order valence-electron chi connectivity index (χ3n) is 4.11. The van der Waals surface area contributed by atoms with Crippen molar-refractivity contribution in [3.8, 4) is 0 Å². The summed E-state index contributed by atoms with van der Waals surface area (Å²) in [6.45, 7) is 5.62. The summed E-state index contributed by atoms with van der Waals surface area (Å²) < 4.78 is 39.1. The largest absolute Gasteiger partial charge is 0.319 e. The van der Waals surface area contributed by atoms with Gasteiger partial charge in [-0.1, -0.05) is 0 Å². The fraction of sp³-hybridized carbons (Fsp3) is 0.278. The Morgan fingerprint density at radius 1 is 1.26 bits per heavy atom. The Hall–Kier alpha value is -2.81. The first-order valence-corrected chi connectivity index (χ1v) is 10.1. The van der Waals surface area contributed by atoms with E-state index >= 15 is 0 Å². The van der Waals surface area contributed by atoms with Crippen molar-refractivity contribution in [3.63, 3.8) is 0 Å². The molecule has 0 aliphatic rings. The highest BCUT2D eigenvalue weighted by Gasteiger charge is 2.18. The molecule has 2 heterocycles. The van der Waals surface area contributed by atoms with Gasteiger partial charge in [0, 0.05) is 17.7 Å². The molecule has 27 heavy (non-hydrogen) atoms. The van der Waals surface area contributed by atoms with Gasteiger partial charge in [-0.3, -0.25) is 4.79 Å². The first kappa shape index (κ1) is 19.0. The zero-order valence-electron chi connectivity index (χ0n) is 15.3. The number of carbonyl (C=O) groups excluding carboxylic acids is 1. The van der Waals surface area contributed by atoms with Crippen molar-refractivity contribution in [2.45, 2.75) is 31.7 Å². The molecule has 0 saturated carbocycles. The van der Waals surface area contributed by atoms with Crippen molar-refractivity contribution in [1.82, 2.24) is 14.8 Å². The Kier molecular flexibility index (Phi) is 4.73. The van der Waals surface area contributed by atoms with Gasteiger partial charge < -0.3 is 5.32 Å². The van der Waals surface area contributed by atoms with Crippen molar-refractivity contribution in [1.29, 1.82) is 0 Å². The van der Waals surface area contributed by atoms with E-state index in [1.54, 1.807) is 23.9 Å². The molecule has 0 radical (unpaired) electrons. The summed E-state index contributed by atoms with van der Waals surface area (Å²) in [5, 5.41) is 7.38.